The van der Waals surface area contributed by atoms with Gasteiger partial charge in [-0.1, -0.05) is 12.1 Å². The van der Waals surface area contributed by atoms with Crippen LogP contribution in [0.25, 0.3) is 0 Å². The molecule has 3 N–H and O–H groups in total. The average Bonchev–Trinajstić information content (AvgIpc) is 2.03. The molecule has 0 fully saturated rings. The van der Waals surface area contributed by atoms with Crippen molar-refractivity contribution in [2.75, 3.05) is 5.73 Å². The largest absolute Gasteiger partial charge is 0.399 e. The van der Waals surface area contributed by atoms with E-state index in [9.17, 15) is 9.90 Å². The number of aliphatic hydroxyl groups is 1. The van der Waals surface area contributed by atoms with Gasteiger partial charge in [-0.2, -0.15) is 0 Å². The van der Waals surface area contributed by atoms with Crippen molar-refractivity contribution in [3.8, 4) is 0 Å². The first kappa shape index (κ1) is 8.74. The van der Waals surface area contributed by atoms with E-state index >= 15 is 0 Å². The molecule has 64 valence electrons. The first-order chi connectivity index (χ1) is 5.61. The van der Waals surface area contributed by atoms with E-state index in [0.717, 1.165) is 0 Å². The molecular weight excluding hydrogens is 154 g/mol. The third-order valence-electron chi connectivity index (χ3n) is 1.61. The van der Waals surface area contributed by atoms with Crippen molar-refractivity contribution in [3.63, 3.8) is 0 Å². The molecule has 0 aromatic heterocycles. The van der Waals surface area contributed by atoms with Gasteiger partial charge < -0.3 is 10.8 Å². The van der Waals surface area contributed by atoms with E-state index in [2.05, 4.69) is 0 Å². The lowest BCUT2D eigenvalue weighted by molar-refractivity contribution is -0.125. The predicted molar refractivity (Wildman–Crippen MR) is 46.5 cm³/mol. The van der Waals surface area contributed by atoms with Crippen LogP contribution in [0, 0.1) is 0 Å². The van der Waals surface area contributed by atoms with Crippen molar-refractivity contribution >= 4 is 11.5 Å². The number of hydrogen-bond acceptors (Lipinski definition) is 3. The predicted octanol–water partition coefficient (Wildman–Crippen LogP) is 0.891. The Kier molecular flexibility index (Phi) is 2.45. The third-order valence-corrected chi connectivity index (χ3v) is 1.61. The molecule has 0 aliphatic heterocycles. The Morgan fingerprint density at radius 3 is 2.75 bits per heavy atom. The van der Waals surface area contributed by atoms with Gasteiger partial charge in [-0.15, -0.1) is 0 Å². The molecule has 0 saturated carbocycles. The molecule has 0 spiro atoms. The molecule has 0 aliphatic rings. The van der Waals surface area contributed by atoms with Crippen molar-refractivity contribution in [2.45, 2.75) is 13.0 Å². The van der Waals surface area contributed by atoms with Crippen molar-refractivity contribution < 1.29 is 9.90 Å². The molecule has 0 saturated heterocycles. The molecule has 1 rings (SSSR count). The summed E-state index contributed by atoms with van der Waals surface area (Å²) in [5.41, 5.74) is 6.57. The van der Waals surface area contributed by atoms with E-state index < -0.39 is 6.10 Å². The van der Waals surface area contributed by atoms with Gasteiger partial charge in [-0.25, -0.2) is 0 Å². The second-order valence-corrected chi connectivity index (χ2v) is 2.68. The van der Waals surface area contributed by atoms with Crippen molar-refractivity contribution in [1.82, 2.24) is 0 Å². The van der Waals surface area contributed by atoms with Gasteiger partial charge in [-0.05, 0) is 24.6 Å². The molecule has 12 heavy (non-hydrogen) atoms. The average molecular weight is 165 g/mol. The summed E-state index contributed by atoms with van der Waals surface area (Å²) in [6.45, 7) is 1.34. The first-order valence-electron chi connectivity index (χ1n) is 3.65. The number of carbonyl (C=O) groups excluding carboxylic acids is 1. The second-order valence-electron chi connectivity index (χ2n) is 2.68. The highest BCUT2D eigenvalue weighted by atomic mass is 16.3. The number of aliphatic hydroxyl groups excluding tert-OH is 1. The summed E-state index contributed by atoms with van der Waals surface area (Å²) in [5.74, 6) is -0.277. The molecule has 0 bridgehead atoms. The molecule has 0 unspecified atom stereocenters. The van der Waals surface area contributed by atoms with Crippen molar-refractivity contribution in [3.05, 3.63) is 29.8 Å². The lowest BCUT2D eigenvalue weighted by Gasteiger charge is -2.06. The van der Waals surface area contributed by atoms with E-state index in [4.69, 9.17) is 5.73 Å². The summed E-state index contributed by atoms with van der Waals surface area (Å²) in [7, 11) is 0. The Balaban J connectivity index is 2.95. The van der Waals surface area contributed by atoms with E-state index in [-0.39, 0.29) is 5.78 Å². The molecule has 0 heterocycles. The van der Waals surface area contributed by atoms with Crippen LogP contribution in [0.15, 0.2) is 24.3 Å². The summed E-state index contributed by atoms with van der Waals surface area (Å²) in [4.78, 5) is 10.8. The van der Waals surface area contributed by atoms with Gasteiger partial charge >= 0.3 is 0 Å². The Morgan fingerprint density at radius 1 is 1.58 bits per heavy atom. The highest BCUT2D eigenvalue weighted by Gasteiger charge is 2.11. The summed E-state index contributed by atoms with van der Waals surface area (Å²) < 4.78 is 0. The Bertz CT molecular complexity index is 296. The van der Waals surface area contributed by atoms with Gasteiger partial charge in [0.1, 0.15) is 6.10 Å². The van der Waals surface area contributed by atoms with E-state index in [1.165, 1.54) is 6.92 Å². The number of hydrogen-bond donors (Lipinski definition) is 2. The summed E-state index contributed by atoms with van der Waals surface area (Å²) in [6.07, 6.45) is -1.05. The number of ketones is 1. The van der Waals surface area contributed by atoms with Gasteiger partial charge in [-0.3, -0.25) is 4.79 Å². The third kappa shape index (κ3) is 1.83. The number of carbonyl (C=O) groups is 1. The van der Waals surface area contributed by atoms with E-state index in [0.29, 0.717) is 11.3 Å². The van der Waals surface area contributed by atoms with Crippen LogP contribution in [0.2, 0.25) is 0 Å². The van der Waals surface area contributed by atoms with Crippen LogP contribution in [0.3, 0.4) is 0 Å². The van der Waals surface area contributed by atoms with Crippen LogP contribution in [-0.2, 0) is 4.79 Å². The highest BCUT2D eigenvalue weighted by Crippen LogP contribution is 2.15. The minimum absolute atomic E-state index is 0.277. The lowest BCUT2D eigenvalue weighted by Crippen LogP contribution is -2.07. The maximum Gasteiger partial charge on any atom is 0.162 e. The SMILES string of the molecule is CC(=O)[C@H](O)c1cccc(N)c1. The molecule has 3 heteroatoms. The number of nitrogen functional groups attached to an aromatic ring is 1. The van der Waals surface area contributed by atoms with Gasteiger partial charge in [0.15, 0.2) is 5.78 Å². The Labute approximate surface area is 70.8 Å². The Hall–Kier alpha value is -1.35. The number of benzene rings is 1. The molecule has 0 amide bonds. The van der Waals surface area contributed by atoms with Gasteiger partial charge in [0.05, 0.1) is 0 Å². The molecular formula is C9H11NO2. The fourth-order valence-electron chi connectivity index (χ4n) is 0.964. The minimum Gasteiger partial charge on any atom is -0.399 e. The number of Topliss-reactive ketones (excluding diaryl/α,β-unsaturated/α-hetero) is 1. The van der Waals surface area contributed by atoms with E-state index in [1.54, 1.807) is 24.3 Å². The number of anilines is 1. The maximum atomic E-state index is 10.8. The zero-order valence-corrected chi connectivity index (χ0v) is 6.82. The summed E-state index contributed by atoms with van der Waals surface area (Å²) in [5, 5.41) is 9.32. The molecule has 1 aromatic rings. The molecule has 1 aromatic carbocycles. The molecule has 1 atom stereocenters. The van der Waals surface area contributed by atoms with Crippen LogP contribution in [-0.4, -0.2) is 10.9 Å². The van der Waals surface area contributed by atoms with Crippen molar-refractivity contribution in [1.29, 1.82) is 0 Å². The molecule has 0 radical (unpaired) electrons. The van der Waals surface area contributed by atoms with Crippen molar-refractivity contribution in [2.24, 2.45) is 0 Å². The van der Waals surface area contributed by atoms with Crippen LogP contribution in [0.4, 0.5) is 5.69 Å². The number of rotatable bonds is 2. The van der Waals surface area contributed by atoms with Gasteiger partial charge in [0.25, 0.3) is 0 Å². The topological polar surface area (TPSA) is 63.3 Å². The quantitative estimate of drug-likeness (QED) is 0.640. The fraction of sp³-hybridized carbons (Fsp3) is 0.222. The standard InChI is InChI=1S/C9H11NO2/c1-6(11)9(12)7-3-2-4-8(10)5-7/h2-5,9,12H,10H2,1H3/t9-/m0/s1. The van der Waals surface area contributed by atoms with E-state index in [1.807, 2.05) is 0 Å². The highest BCUT2D eigenvalue weighted by molar-refractivity contribution is 5.81. The minimum atomic E-state index is -1.05. The zero-order valence-electron chi connectivity index (χ0n) is 6.82. The zero-order chi connectivity index (χ0) is 9.14. The summed E-state index contributed by atoms with van der Waals surface area (Å²) in [6, 6.07) is 6.67. The maximum absolute atomic E-state index is 10.8. The summed E-state index contributed by atoms with van der Waals surface area (Å²) >= 11 is 0. The fourth-order valence-corrected chi connectivity index (χ4v) is 0.964. The molecule has 0 aliphatic carbocycles. The van der Waals surface area contributed by atoms with Crippen LogP contribution < -0.4 is 5.73 Å². The normalized spacial score (nSPS) is 12.5. The van der Waals surface area contributed by atoms with Gasteiger partial charge in [0.2, 0.25) is 0 Å². The monoisotopic (exact) mass is 165 g/mol. The van der Waals surface area contributed by atoms with Crippen LogP contribution >= 0.6 is 0 Å². The lowest BCUT2D eigenvalue weighted by atomic mass is 10.1. The second kappa shape index (κ2) is 3.36. The van der Waals surface area contributed by atoms with Crippen LogP contribution in [0.1, 0.15) is 18.6 Å². The molecule has 3 nitrogen and oxygen atoms in total. The smallest absolute Gasteiger partial charge is 0.162 e. The number of nitrogens with two attached hydrogens (primary N) is 1. The Morgan fingerprint density at radius 2 is 2.25 bits per heavy atom. The van der Waals surface area contributed by atoms with Crippen LogP contribution in [0.5, 0.6) is 0 Å². The first-order valence-corrected chi connectivity index (χ1v) is 3.65. The van der Waals surface area contributed by atoms with Gasteiger partial charge in [0, 0.05) is 5.69 Å².